The minimum atomic E-state index is -0.221. The molecule has 2 saturated heterocycles. The van der Waals surface area contributed by atoms with Gasteiger partial charge in [-0.05, 0) is 43.1 Å². The third kappa shape index (κ3) is 2.91. The molecule has 6 heteroatoms. The zero-order chi connectivity index (χ0) is 19.1. The lowest BCUT2D eigenvalue weighted by molar-refractivity contribution is -0.129. The van der Waals surface area contributed by atoms with Gasteiger partial charge in [0.2, 0.25) is 0 Å². The highest BCUT2D eigenvalue weighted by atomic mass is 16.2. The predicted molar refractivity (Wildman–Crippen MR) is 104 cm³/mol. The van der Waals surface area contributed by atoms with E-state index in [4.69, 9.17) is 0 Å². The molecule has 28 heavy (non-hydrogen) atoms. The summed E-state index contributed by atoms with van der Waals surface area (Å²) in [6.07, 6.45) is 9.12. The minimum Gasteiger partial charge on any atom is -0.333 e. The van der Waals surface area contributed by atoms with Crippen molar-refractivity contribution in [1.29, 1.82) is 0 Å². The van der Waals surface area contributed by atoms with Crippen LogP contribution in [0.1, 0.15) is 37.1 Å². The lowest BCUT2D eigenvalue weighted by Crippen LogP contribution is -2.35. The van der Waals surface area contributed by atoms with E-state index in [1.807, 2.05) is 17.2 Å². The number of imide groups is 1. The van der Waals surface area contributed by atoms with Crippen molar-refractivity contribution in [3.63, 3.8) is 0 Å². The van der Waals surface area contributed by atoms with Crippen LogP contribution in [0.25, 0.3) is 0 Å². The maximum absolute atomic E-state index is 13.0. The van der Waals surface area contributed by atoms with E-state index in [0.29, 0.717) is 11.8 Å². The van der Waals surface area contributed by atoms with Gasteiger partial charge in [0.15, 0.2) is 0 Å². The Labute approximate surface area is 165 Å². The minimum absolute atomic E-state index is 0.0155. The van der Waals surface area contributed by atoms with Crippen LogP contribution in [-0.2, 0) is 24.3 Å². The maximum Gasteiger partial charge on any atom is 0.327 e. The molecule has 0 radical (unpaired) electrons. The van der Waals surface area contributed by atoms with Crippen LogP contribution in [0.3, 0.4) is 0 Å². The largest absolute Gasteiger partial charge is 0.333 e. The molecule has 1 aliphatic carbocycles. The first-order chi connectivity index (χ1) is 13.7. The van der Waals surface area contributed by atoms with E-state index >= 15 is 0 Å². The maximum atomic E-state index is 13.0. The molecule has 1 aromatic heterocycles. The first-order valence-corrected chi connectivity index (χ1v) is 10.4. The second-order valence-electron chi connectivity index (χ2n) is 8.29. The molecule has 1 aromatic carbocycles. The van der Waals surface area contributed by atoms with Gasteiger partial charge in [0.05, 0.1) is 6.54 Å². The summed E-state index contributed by atoms with van der Waals surface area (Å²) in [6, 6.07) is 10.1. The van der Waals surface area contributed by atoms with Gasteiger partial charge < -0.3 is 9.47 Å². The third-order valence-corrected chi connectivity index (χ3v) is 6.69. The highest BCUT2D eigenvalue weighted by molar-refractivity contribution is 6.04. The van der Waals surface area contributed by atoms with Crippen molar-refractivity contribution in [3.8, 4) is 0 Å². The van der Waals surface area contributed by atoms with Crippen LogP contribution < -0.4 is 0 Å². The van der Waals surface area contributed by atoms with Gasteiger partial charge in [-0.2, -0.15) is 0 Å². The third-order valence-electron chi connectivity index (χ3n) is 6.69. The number of carbonyl (C=O) groups is 2. The number of amides is 3. The average Bonchev–Trinajstić information content (AvgIpc) is 3.44. The number of aromatic nitrogens is 2. The van der Waals surface area contributed by atoms with Crippen molar-refractivity contribution in [3.05, 3.63) is 54.1 Å². The van der Waals surface area contributed by atoms with E-state index in [1.165, 1.54) is 16.9 Å². The average molecular weight is 378 g/mol. The van der Waals surface area contributed by atoms with E-state index in [2.05, 4.69) is 33.8 Å². The fourth-order valence-electron chi connectivity index (χ4n) is 5.31. The number of carbonyl (C=O) groups excluding carboxylic acids is 2. The molecule has 0 N–H and O–H groups in total. The van der Waals surface area contributed by atoms with Gasteiger partial charge in [-0.3, -0.25) is 9.69 Å². The van der Waals surface area contributed by atoms with Crippen LogP contribution in [0.5, 0.6) is 0 Å². The Bertz CT molecular complexity index is 878. The molecule has 0 spiro atoms. The van der Waals surface area contributed by atoms with Crippen LogP contribution >= 0.6 is 0 Å². The lowest BCUT2D eigenvalue weighted by Gasteiger charge is -2.18. The van der Waals surface area contributed by atoms with E-state index in [1.54, 1.807) is 6.20 Å². The topological polar surface area (TPSA) is 58.4 Å². The molecule has 0 unspecified atom stereocenters. The molecule has 3 amide bonds. The summed E-state index contributed by atoms with van der Waals surface area (Å²) in [6.45, 7) is 1.86. The van der Waals surface area contributed by atoms with Crippen LogP contribution in [0.15, 0.2) is 42.7 Å². The Morgan fingerprint density at radius 3 is 2.82 bits per heavy atom. The Morgan fingerprint density at radius 2 is 1.96 bits per heavy atom. The Balaban J connectivity index is 1.24. The van der Waals surface area contributed by atoms with Crippen LogP contribution in [0.4, 0.5) is 4.79 Å². The molecule has 2 aromatic rings. The number of hydrogen-bond acceptors (Lipinski definition) is 3. The summed E-state index contributed by atoms with van der Waals surface area (Å²) < 4.78 is 2.07. The van der Waals surface area contributed by atoms with Crippen molar-refractivity contribution in [2.24, 2.45) is 11.8 Å². The molecule has 3 heterocycles. The summed E-state index contributed by atoms with van der Waals surface area (Å²) in [5, 5.41) is 0. The van der Waals surface area contributed by atoms with Gasteiger partial charge >= 0.3 is 6.03 Å². The molecular formula is C22H26N4O2. The summed E-state index contributed by atoms with van der Waals surface area (Å²) in [5.74, 6) is 1.67. The molecule has 5 rings (SSSR count). The van der Waals surface area contributed by atoms with E-state index < -0.39 is 0 Å². The number of fused-ring (bicyclic) bond motifs is 3. The van der Waals surface area contributed by atoms with Gasteiger partial charge in [-0.15, -0.1) is 0 Å². The Kier molecular flexibility index (Phi) is 4.41. The molecule has 1 saturated carbocycles. The van der Waals surface area contributed by atoms with Gasteiger partial charge in [0.1, 0.15) is 11.9 Å². The fourth-order valence-corrected chi connectivity index (χ4v) is 5.31. The van der Waals surface area contributed by atoms with Crippen molar-refractivity contribution in [2.75, 3.05) is 6.54 Å². The highest BCUT2D eigenvalue weighted by Gasteiger charge is 2.56. The quantitative estimate of drug-likeness (QED) is 0.726. The lowest BCUT2D eigenvalue weighted by atomic mass is 9.93. The number of nitrogens with zero attached hydrogens (tertiary/aromatic N) is 4. The zero-order valence-corrected chi connectivity index (χ0v) is 16.0. The number of rotatable bonds is 6. The summed E-state index contributed by atoms with van der Waals surface area (Å²) in [7, 11) is 0. The molecule has 3 atom stereocenters. The van der Waals surface area contributed by atoms with Crippen molar-refractivity contribution < 1.29 is 9.59 Å². The van der Waals surface area contributed by atoms with E-state index in [9.17, 15) is 9.59 Å². The summed E-state index contributed by atoms with van der Waals surface area (Å²) in [5.41, 5.74) is 1.32. The molecule has 6 nitrogen and oxygen atoms in total. The van der Waals surface area contributed by atoms with Crippen molar-refractivity contribution in [1.82, 2.24) is 19.4 Å². The van der Waals surface area contributed by atoms with Gasteiger partial charge in [0, 0.05) is 25.5 Å². The molecule has 0 bridgehead atoms. The van der Waals surface area contributed by atoms with Gasteiger partial charge in [0.25, 0.3) is 5.91 Å². The van der Waals surface area contributed by atoms with E-state index in [-0.39, 0.29) is 24.5 Å². The van der Waals surface area contributed by atoms with Crippen LogP contribution in [0, 0.1) is 11.8 Å². The number of hydrogen-bond donors (Lipinski definition) is 0. The van der Waals surface area contributed by atoms with Crippen molar-refractivity contribution >= 4 is 11.9 Å². The molecule has 3 fully saturated rings. The van der Waals surface area contributed by atoms with Crippen LogP contribution in [-0.4, -0.2) is 43.9 Å². The smallest absolute Gasteiger partial charge is 0.327 e. The van der Waals surface area contributed by atoms with Gasteiger partial charge in [-0.25, -0.2) is 9.78 Å². The zero-order valence-electron chi connectivity index (χ0n) is 16.0. The SMILES string of the molecule is O=C1[C@@H]2[C@H]3CCC[C@H]3CN2C(=O)N1Cc1nccn1CCCc1ccccc1. The predicted octanol–water partition coefficient (Wildman–Crippen LogP) is 3.08. The number of aryl methyl sites for hydroxylation is 2. The number of benzene rings is 1. The monoisotopic (exact) mass is 378 g/mol. The standard InChI is InChI=1S/C22H26N4O2/c27-21-20-18-10-4-9-17(18)14-25(20)22(28)26(21)15-19-23-11-13-24(19)12-5-8-16-6-2-1-3-7-16/h1-3,6-7,11,13,17-18,20H,4-5,8-10,12,14-15H2/t17-,18-,20-/m0/s1. The molecule has 2 aliphatic heterocycles. The fraction of sp³-hybridized carbons (Fsp3) is 0.500. The number of imidazole rings is 1. The molecular weight excluding hydrogens is 352 g/mol. The van der Waals surface area contributed by atoms with E-state index in [0.717, 1.165) is 44.6 Å². The van der Waals surface area contributed by atoms with Gasteiger partial charge in [-0.1, -0.05) is 36.8 Å². The summed E-state index contributed by atoms with van der Waals surface area (Å²) in [4.78, 5) is 33.5. The Morgan fingerprint density at radius 1 is 1.11 bits per heavy atom. The second kappa shape index (κ2) is 7.08. The van der Waals surface area contributed by atoms with Crippen LogP contribution in [0.2, 0.25) is 0 Å². The number of urea groups is 1. The highest BCUT2D eigenvalue weighted by Crippen LogP contribution is 2.45. The second-order valence-corrected chi connectivity index (χ2v) is 8.29. The normalized spacial score (nSPS) is 26.2. The first-order valence-electron chi connectivity index (χ1n) is 10.4. The first kappa shape index (κ1) is 17.5. The Hall–Kier alpha value is -2.63. The molecule has 146 valence electrons. The molecule has 3 aliphatic rings. The summed E-state index contributed by atoms with van der Waals surface area (Å²) >= 11 is 0. The van der Waals surface area contributed by atoms with Crippen molar-refractivity contribution in [2.45, 2.75) is 51.2 Å².